The lowest BCUT2D eigenvalue weighted by molar-refractivity contribution is 0.248. The molecule has 8 nitrogen and oxygen atoms in total. The second-order valence-electron chi connectivity index (χ2n) is 8.55. The third-order valence-electron chi connectivity index (χ3n) is 6.14. The molecule has 1 aliphatic heterocycles. The quantitative estimate of drug-likeness (QED) is 0.516. The summed E-state index contributed by atoms with van der Waals surface area (Å²) in [5.41, 5.74) is 2.27. The number of amides is 2. The van der Waals surface area contributed by atoms with E-state index >= 15 is 0 Å². The molecular formula is C24H27F2N5O3S. The number of fused-ring (bicyclic) bond motifs is 1. The van der Waals surface area contributed by atoms with Gasteiger partial charge in [-0.1, -0.05) is 18.2 Å². The summed E-state index contributed by atoms with van der Waals surface area (Å²) in [5.74, 6) is -2.30. The lowest BCUT2D eigenvalue weighted by atomic mass is 10.1. The largest absolute Gasteiger partial charge is 0.337 e. The number of pyridine rings is 1. The Labute approximate surface area is 203 Å². The van der Waals surface area contributed by atoms with Crippen LogP contribution in [0.3, 0.4) is 0 Å². The molecule has 0 radical (unpaired) electrons. The van der Waals surface area contributed by atoms with Crippen molar-refractivity contribution in [2.75, 3.05) is 38.5 Å². The Morgan fingerprint density at radius 2 is 1.94 bits per heavy atom. The molecule has 4 rings (SSSR count). The predicted molar refractivity (Wildman–Crippen MR) is 130 cm³/mol. The molecule has 0 bridgehead atoms. The molecule has 0 aliphatic carbocycles. The molecule has 1 aromatic heterocycles. The minimum absolute atomic E-state index is 0.283. The number of likely N-dealkylation sites (tertiary alicyclic amines) is 1. The van der Waals surface area contributed by atoms with Gasteiger partial charge in [0.15, 0.2) is 11.6 Å². The number of urea groups is 1. The zero-order valence-electron chi connectivity index (χ0n) is 19.5. The maximum Gasteiger partial charge on any atom is 0.319 e. The van der Waals surface area contributed by atoms with E-state index in [1.807, 2.05) is 42.2 Å². The lowest BCUT2D eigenvalue weighted by Gasteiger charge is -2.24. The highest BCUT2D eigenvalue weighted by molar-refractivity contribution is 7.89. The van der Waals surface area contributed by atoms with Gasteiger partial charge in [0.05, 0.1) is 16.1 Å². The number of hydrogen-bond donors (Lipinski definition) is 2. The fraction of sp³-hybridized carbons (Fsp3) is 0.333. The summed E-state index contributed by atoms with van der Waals surface area (Å²) in [6, 6.07) is 11.3. The SMILES string of the molecule is Cc1cc(NC(=O)NCCN2CCC(N(C)S(=O)(=O)c3ccc(F)c(F)c3)C2)c2ccccc2n1. The Bertz CT molecular complexity index is 1350. The minimum Gasteiger partial charge on any atom is -0.337 e. The maximum absolute atomic E-state index is 13.5. The molecule has 1 atom stereocenters. The summed E-state index contributed by atoms with van der Waals surface area (Å²) < 4.78 is 53.6. The van der Waals surface area contributed by atoms with Gasteiger partial charge in [0, 0.05) is 43.8 Å². The number of para-hydroxylation sites is 1. The first kappa shape index (κ1) is 25.0. The number of carbonyl (C=O) groups excluding carboxylic acids is 1. The molecule has 1 aliphatic rings. The van der Waals surface area contributed by atoms with Gasteiger partial charge in [0.1, 0.15) is 0 Å². The summed E-state index contributed by atoms with van der Waals surface area (Å²) in [4.78, 5) is 18.7. The molecule has 3 aromatic rings. The van der Waals surface area contributed by atoms with Crippen molar-refractivity contribution in [2.45, 2.75) is 24.3 Å². The van der Waals surface area contributed by atoms with Gasteiger partial charge >= 0.3 is 6.03 Å². The molecule has 186 valence electrons. The number of aromatic nitrogens is 1. The molecule has 35 heavy (non-hydrogen) atoms. The number of aryl methyl sites for hydroxylation is 1. The van der Waals surface area contributed by atoms with Crippen molar-refractivity contribution >= 4 is 32.6 Å². The van der Waals surface area contributed by atoms with Crippen LogP contribution in [0, 0.1) is 18.6 Å². The highest BCUT2D eigenvalue weighted by atomic mass is 32.2. The van der Waals surface area contributed by atoms with Crippen LogP contribution in [0.15, 0.2) is 53.4 Å². The number of benzene rings is 2. The van der Waals surface area contributed by atoms with E-state index in [2.05, 4.69) is 15.6 Å². The van der Waals surface area contributed by atoms with E-state index in [-0.39, 0.29) is 17.0 Å². The van der Waals surface area contributed by atoms with Crippen LogP contribution < -0.4 is 10.6 Å². The van der Waals surface area contributed by atoms with Crippen LogP contribution in [0.2, 0.25) is 0 Å². The van der Waals surface area contributed by atoms with Gasteiger partial charge in [-0.25, -0.2) is 22.0 Å². The number of carbonyl (C=O) groups is 1. The summed E-state index contributed by atoms with van der Waals surface area (Å²) >= 11 is 0. The number of nitrogens with one attached hydrogen (secondary N) is 2. The van der Waals surface area contributed by atoms with Crippen molar-refractivity contribution in [1.29, 1.82) is 0 Å². The second-order valence-corrected chi connectivity index (χ2v) is 10.5. The summed E-state index contributed by atoms with van der Waals surface area (Å²) in [7, 11) is -2.52. The molecule has 2 N–H and O–H groups in total. The second kappa shape index (κ2) is 10.2. The Balaban J connectivity index is 1.29. The standard InChI is InChI=1S/C24H27F2N5O3S/c1-16-13-23(19-5-3-4-6-22(19)28-16)29-24(32)27-10-12-31-11-9-17(15-31)30(2)35(33,34)18-7-8-20(25)21(26)14-18/h3-8,13-14,17H,9-12,15H2,1-2H3,(H2,27,28,29,32). The fourth-order valence-corrected chi connectivity index (χ4v) is 5.61. The van der Waals surface area contributed by atoms with Crippen molar-refractivity contribution in [3.05, 3.63) is 65.9 Å². The van der Waals surface area contributed by atoms with Crippen LogP contribution in [0.25, 0.3) is 10.9 Å². The molecule has 11 heteroatoms. The topological polar surface area (TPSA) is 94.6 Å². The molecule has 2 amide bonds. The van der Waals surface area contributed by atoms with Gasteiger partial charge in [0.25, 0.3) is 0 Å². The Kier molecular flexibility index (Phi) is 7.29. The van der Waals surface area contributed by atoms with E-state index < -0.39 is 21.7 Å². The van der Waals surface area contributed by atoms with Gasteiger partial charge in [-0.05, 0) is 50.2 Å². The van der Waals surface area contributed by atoms with Gasteiger partial charge in [-0.3, -0.25) is 9.88 Å². The number of rotatable bonds is 7. The first-order valence-electron chi connectivity index (χ1n) is 11.2. The number of halogens is 2. The highest BCUT2D eigenvalue weighted by Crippen LogP contribution is 2.24. The van der Waals surface area contributed by atoms with Crippen molar-refractivity contribution < 1.29 is 22.0 Å². The van der Waals surface area contributed by atoms with Crippen LogP contribution in [-0.2, 0) is 10.0 Å². The van der Waals surface area contributed by atoms with E-state index in [9.17, 15) is 22.0 Å². The van der Waals surface area contributed by atoms with Gasteiger partial charge in [-0.2, -0.15) is 4.31 Å². The smallest absolute Gasteiger partial charge is 0.319 e. The summed E-state index contributed by atoms with van der Waals surface area (Å²) in [6.45, 7) is 3.90. The number of nitrogens with zero attached hydrogens (tertiary/aromatic N) is 3. The molecule has 1 fully saturated rings. The average Bonchev–Trinajstić information content (AvgIpc) is 3.29. The summed E-state index contributed by atoms with van der Waals surface area (Å²) in [5, 5.41) is 6.55. The van der Waals surface area contributed by atoms with E-state index in [1.165, 1.54) is 11.4 Å². The van der Waals surface area contributed by atoms with E-state index in [0.29, 0.717) is 44.4 Å². The lowest BCUT2D eigenvalue weighted by Crippen LogP contribution is -2.40. The predicted octanol–water partition coefficient (Wildman–Crippen LogP) is 3.34. The number of sulfonamides is 1. The number of anilines is 1. The van der Waals surface area contributed by atoms with Crippen molar-refractivity contribution in [2.24, 2.45) is 0 Å². The van der Waals surface area contributed by atoms with Crippen LogP contribution in [0.1, 0.15) is 12.1 Å². The third kappa shape index (κ3) is 5.58. The van der Waals surface area contributed by atoms with E-state index in [4.69, 9.17) is 0 Å². The monoisotopic (exact) mass is 503 g/mol. The Morgan fingerprint density at radius 3 is 2.71 bits per heavy atom. The molecule has 0 spiro atoms. The van der Waals surface area contributed by atoms with Gasteiger partial charge < -0.3 is 10.6 Å². The average molecular weight is 504 g/mol. The third-order valence-corrected chi connectivity index (χ3v) is 8.04. The maximum atomic E-state index is 13.5. The summed E-state index contributed by atoms with van der Waals surface area (Å²) in [6.07, 6.45) is 0.591. The highest BCUT2D eigenvalue weighted by Gasteiger charge is 2.33. The van der Waals surface area contributed by atoms with Crippen molar-refractivity contribution in [1.82, 2.24) is 19.5 Å². The Hall–Kier alpha value is -3.15. The van der Waals surface area contributed by atoms with Crippen LogP contribution in [-0.4, -0.2) is 67.9 Å². The molecule has 1 unspecified atom stereocenters. The van der Waals surface area contributed by atoms with Gasteiger partial charge in [-0.15, -0.1) is 0 Å². The minimum atomic E-state index is -3.96. The molecule has 2 aromatic carbocycles. The number of likely N-dealkylation sites (N-methyl/N-ethyl adjacent to an activating group) is 1. The van der Waals surface area contributed by atoms with E-state index in [1.54, 1.807) is 0 Å². The van der Waals surface area contributed by atoms with Gasteiger partial charge in [0.2, 0.25) is 10.0 Å². The van der Waals surface area contributed by atoms with Crippen LogP contribution in [0.5, 0.6) is 0 Å². The molecule has 1 saturated heterocycles. The zero-order chi connectivity index (χ0) is 25.2. The van der Waals surface area contributed by atoms with Crippen molar-refractivity contribution in [3.63, 3.8) is 0 Å². The Morgan fingerprint density at radius 1 is 1.17 bits per heavy atom. The fourth-order valence-electron chi connectivity index (χ4n) is 4.22. The van der Waals surface area contributed by atoms with Crippen LogP contribution >= 0.6 is 0 Å². The normalized spacial score (nSPS) is 16.7. The molecule has 0 saturated carbocycles. The molecular weight excluding hydrogens is 476 g/mol. The zero-order valence-corrected chi connectivity index (χ0v) is 20.3. The number of hydrogen-bond acceptors (Lipinski definition) is 5. The van der Waals surface area contributed by atoms with Crippen molar-refractivity contribution in [3.8, 4) is 0 Å². The van der Waals surface area contributed by atoms with E-state index in [0.717, 1.165) is 28.7 Å². The molecule has 2 heterocycles. The van der Waals surface area contributed by atoms with Crippen LogP contribution in [0.4, 0.5) is 19.3 Å². The first-order chi connectivity index (χ1) is 16.6. The first-order valence-corrected chi connectivity index (χ1v) is 12.7.